The zero-order valence-corrected chi connectivity index (χ0v) is 15.5. The van der Waals surface area contributed by atoms with Gasteiger partial charge in [-0.2, -0.15) is 5.26 Å². The number of hydrogen-bond donors (Lipinski definition) is 1. The smallest absolute Gasteiger partial charge is 0.261 e. The van der Waals surface area contributed by atoms with E-state index in [0.717, 1.165) is 5.56 Å². The number of benzene rings is 2. The monoisotopic (exact) mass is 354 g/mol. The molecule has 0 aliphatic heterocycles. The molecule has 0 fully saturated rings. The van der Waals surface area contributed by atoms with Gasteiger partial charge in [0.25, 0.3) is 5.91 Å². The summed E-state index contributed by atoms with van der Waals surface area (Å²) in [5, 5.41) is 12.1. The van der Waals surface area contributed by atoms with Crippen molar-refractivity contribution in [2.75, 3.05) is 6.26 Å². The molecule has 25 heavy (non-hydrogen) atoms. The van der Waals surface area contributed by atoms with Crippen molar-refractivity contribution in [3.05, 3.63) is 59.7 Å². The van der Waals surface area contributed by atoms with Crippen LogP contribution in [-0.2, 0) is 11.3 Å². The Bertz CT molecular complexity index is 751. The predicted octanol–water partition coefficient (Wildman–Crippen LogP) is 4.00. The SMILES string of the molecule is CSc1ccc(CNC(=O)C(Oc2ccccc2C#N)C(C)C)cc1. The van der Waals surface area contributed by atoms with Crippen LogP contribution in [0.4, 0.5) is 0 Å². The minimum Gasteiger partial charge on any atom is -0.479 e. The maximum absolute atomic E-state index is 12.6. The molecule has 0 aliphatic carbocycles. The lowest BCUT2D eigenvalue weighted by Crippen LogP contribution is -2.41. The summed E-state index contributed by atoms with van der Waals surface area (Å²) in [6, 6.07) is 17.1. The maximum Gasteiger partial charge on any atom is 0.261 e. The van der Waals surface area contributed by atoms with E-state index >= 15 is 0 Å². The molecule has 2 aromatic carbocycles. The summed E-state index contributed by atoms with van der Waals surface area (Å²) < 4.78 is 5.85. The average Bonchev–Trinajstić information content (AvgIpc) is 2.64. The van der Waals surface area contributed by atoms with E-state index in [4.69, 9.17) is 4.74 Å². The molecular formula is C20H22N2O2S. The van der Waals surface area contributed by atoms with E-state index in [9.17, 15) is 10.1 Å². The molecular weight excluding hydrogens is 332 g/mol. The summed E-state index contributed by atoms with van der Waals surface area (Å²) in [5.41, 5.74) is 1.46. The number of nitrogens with zero attached hydrogens (tertiary/aromatic N) is 1. The zero-order chi connectivity index (χ0) is 18.2. The van der Waals surface area contributed by atoms with Gasteiger partial charge in [-0.3, -0.25) is 4.79 Å². The highest BCUT2D eigenvalue weighted by molar-refractivity contribution is 7.98. The van der Waals surface area contributed by atoms with Gasteiger partial charge in [0, 0.05) is 11.4 Å². The molecule has 5 heteroatoms. The summed E-state index contributed by atoms with van der Waals surface area (Å²) in [6.07, 6.45) is 1.38. The van der Waals surface area contributed by atoms with Gasteiger partial charge in [0.1, 0.15) is 11.8 Å². The van der Waals surface area contributed by atoms with Gasteiger partial charge in [-0.1, -0.05) is 38.1 Å². The first-order valence-electron chi connectivity index (χ1n) is 8.11. The largest absolute Gasteiger partial charge is 0.479 e. The summed E-state index contributed by atoms with van der Waals surface area (Å²) in [6.45, 7) is 4.29. The van der Waals surface area contributed by atoms with Crippen molar-refractivity contribution in [2.24, 2.45) is 5.92 Å². The third-order valence-electron chi connectivity index (χ3n) is 3.75. The number of hydrogen-bond acceptors (Lipinski definition) is 4. The number of thioether (sulfide) groups is 1. The summed E-state index contributed by atoms with van der Waals surface area (Å²) in [7, 11) is 0. The fourth-order valence-electron chi connectivity index (χ4n) is 2.32. The Morgan fingerprint density at radius 3 is 2.48 bits per heavy atom. The van der Waals surface area contributed by atoms with Crippen LogP contribution in [-0.4, -0.2) is 18.3 Å². The molecule has 0 saturated carbocycles. The van der Waals surface area contributed by atoms with Gasteiger partial charge >= 0.3 is 0 Å². The van der Waals surface area contributed by atoms with E-state index in [2.05, 4.69) is 11.4 Å². The van der Waals surface area contributed by atoms with Gasteiger partial charge in [0.2, 0.25) is 0 Å². The second-order valence-corrected chi connectivity index (χ2v) is 6.84. The molecule has 1 unspecified atom stereocenters. The van der Waals surface area contributed by atoms with E-state index in [1.165, 1.54) is 4.90 Å². The molecule has 0 heterocycles. The van der Waals surface area contributed by atoms with Crippen molar-refractivity contribution in [3.63, 3.8) is 0 Å². The highest BCUT2D eigenvalue weighted by Crippen LogP contribution is 2.21. The van der Waals surface area contributed by atoms with Crippen molar-refractivity contribution < 1.29 is 9.53 Å². The Balaban J connectivity index is 2.03. The first-order chi connectivity index (χ1) is 12.0. The lowest BCUT2D eigenvalue weighted by Gasteiger charge is -2.22. The van der Waals surface area contributed by atoms with Crippen LogP contribution in [0.3, 0.4) is 0 Å². The minimum absolute atomic E-state index is 0.0226. The van der Waals surface area contributed by atoms with Crippen LogP contribution in [0.1, 0.15) is 25.0 Å². The summed E-state index contributed by atoms with van der Waals surface area (Å²) in [4.78, 5) is 13.7. The molecule has 0 spiro atoms. The van der Waals surface area contributed by atoms with E-state index in [1.54, 1.807) is 36.0 Å². The fourth-order valence-corrected chi connectivity index (χ4v) is 2.73. The van der Waals surface area contributed by atoms with Gasteiger partial charge in [-0.25, -0.2) is 0 Å². The standard InChI is InChI=1S/C20H22N2O2S/c1-14(2)19(24-18-7-5-4-6-16(18)12-21)20(23)22-13-15-8-10-17(25-3)11-9-15/h4-11,14,19H,13H2,1-3H3,(H,22,23). The Kier molecular flexibility index (Phi) is 6.91. The van der Waals surface area contributed by atoms with E-state index in [0.29, 0.717) is 17.9 Å². The van der Waals surface area contributed by atoms with Crippen molar-refractivity contribution in [1.29, 1.82) is 5.26 Å². The van der Waals surface area contributed by atoms with Crippen molar-refractivity contribution in [3.8, 4) is 11.8 Å². The number of carbonyl (C=O) groups is 1. The van der Waals surface area contributed by atoms with Gasteiger partial charge in [0.05, 0.1) is 5.56 Å². The van der Waals surface area contributed by atoms with Gasteiger partial charge in [-0.05, 0) is 42.0 Å². The van der Waals surface area contributed by atoms with Crippen LogP contribution in [0.5, 0.6) is 5.75 Å². The summed E-state index contributed by atoms with van der Waals surface area (Å²) >= 11 is 1.68. The first kappa shape index (κ1) is 18.9. The average molecular weight is 354 g/mol. The number of ether oxygens (including phenoxy) is 1. The van der Waals surface area contributed by atoms with Gasteiger partial charge < -0.3 is 10.1 Å². The van der Waals surface area contributed by atoms with Crippen LogP contribution in [0.2, 0.25) is 0 Å². The number of rotatable bonds is 7. The molecule has 0 saturated heterocycles. The number of nitriles is 1. The minimum atomic E-state index is -0.653. The van der Waals surface area contributed by atoms with Crippen molar-refractivity contribution >= 4 is 17.7 Å². The van der Waals surface area contributed by atoms with Crippen LogP contribution in [0, 0.1) is 17.2 Å². The Morgan fingerprint density at radius 1 is 1.20 bits per heavy atom. The zero-order valence-electron chi connectivity index (χ0n) is 14.7. The van der Waals surface area contributed by atoms with Gasteiger partial charge in [-0.15, -0.1) is 11.8 Å². The van der Waals surface area contributed by atoms with E-state index < -0.39 is 6.10 Å². The highest BCUT2D eigenvalue weighted by Gasteiger charge is 2.25. The predicted molar refractivity (Wildman–Crippen MR) is 100 cm³/mol. The molecule has 2 aromatic rings. The molecule has 0 radical (unpaired) electrons. The molecule has 1 atom stereocenters. The highest BCUT2D eigenvalue weighted by atomic mass is 32.2. The molecule has 0 aromatic heterocycles. The van der Waals surface area contributed by atoms with Crippen LogP contribution in [0.25, 0.3) is 0 Å². The van der Waals surface area contributed by atoms with Crippen molar-refractivity contribution in [1.82, 2.24) is 5.32 Å². The van der Waals surface area contributed by atoms with Crippen LogP contribution >= 0.6 is 11.8 Å². The molecule has 1 N–H and O–H groups in total. The number of carbonyl (C=O) groups excluding carboxylic acids is 1. The third kappa shape index (κ3) is 5.27. The van der Waals surface area contributed by atoms with Gasteiger partial charge in [0.15, 0.2) is 6.10 Å². The molecule has 1 amide bonds. The lowest BCUT2D eigenvalue weighted by molar-refractivity contribution is -0.130. The number of para-hydroxylation sites is 1. The molecule has 2 rings (SSSR count). The topological polar surface area (TPSA) is 62.1 Å². The fraction of sp³-hybridized carbons (Fsp3) is 0.300. The normalized spacial score (nSPS) is 11.6. The molecule has 0 aliphatic rings. The lowest BCUT2D eigenvalue weighted by atomic mass is 10.1. The second-order valence-electron chi connectivity index (χ2n) is 5.96. The molecule has 4 nitrogen and oxygen atoms in total. The first-order valence-corrected chi connectivity index (χ1v) is 9.34. The van der Waals surface area contributed by atoms with Crippen LogP contribution < -0.4 is 10.1 Å². The van der Waals surface area contributed by atoms with Crippen LogP contribution in [0.15, 0.2) is 53.4 Å². The third-order valence-corrected chi connectivity index (χ3v) is 4.49. The van der Waals surface area contributed by atoms with E-state index in [-0.39, 0.29) is 11.8 Å². The number of amides is 1. The maximum atomic E-state index is 12.6. The Morgan fingerprint density at radius 2 is 1.88 bits per heavy atom. The molecule has 0 bridgehead atoms. The Labute approximate surface area is 153 Å². The second kappa shape index (κ2) is 9.14. The molecule has 130 valence electrons. The Hall–Kier alpha value is -2.45. The van der Waals surface area contributed by atoms with Crippen molar-refractivity contribution in [2.45, 2.75) is 31.4 Å². The number of nitrogens with one attached hydrogen (secondary N) is 1. The van der Waals surface area contributed by atoms with E-state index in [1.807, 2.05) is 44.4 Å². The quantitative estimate of drug-likeness (QED) is 0.764. The summed E-state index contributed by atoms with van der Waals surface area (Å²) in [5.74, 6) is 0.227.